The molecule has 3 heteroatoms. The zero-order chi connectivity index (χ0) is 10.1. The van der Waals surface area contributed by atoms with Crippen molar-refractivity contribution in [1.29, 1.82) is 0 Å². The van der Waals surface area contributed by atoms with Gasteiger partial charge in [-0.05, 0) is 24.1 Å². The van der Waals surface area contributed by atoms with E-state index in [-0.39, 0.29) is 5.92 Å². The molecule has 0 bridgehead atoms. The molecule has 1 fully saturated rings. The van der Waals surface area contributed by atoms with Crippen molar-refractivity contribution in [2.45, 2.75) is 12.8 Å². The van der Waals surface area contributed by atoms with Crippen LogP contribution in [-0.4, -0.2) is 13.1 Å². The van der Waals surface area contributed by atoms with Crippen molar-refractivity contribution in [3.63, 3.8) is 0 Å². The average Bonchev–Trinajstić information content (AvgIpc) is 2.52. The number of rotatable bonds is 1. The highest BCUT2D eigenvalue weighted by Gasteiger charge is 2.26. The quantitative estimate of drug-likeness (QED) is 0.728. The summed E-state index contributed by atoms with van der Waals surface area (Å²) in [5.74, 6) is -0.346. The second-order valence-corrected chi connectivity index (χ2v) is 3.91. The third-order valence-corrected chi connectivity index (χ3v) is 2.88. The fourth-order valence-corrected chi connectivity index (χ4v) is 2.03. The van der Waals surface area contributed by atoms with Gasteiger partial charge < -0.3 is 5.32 Å². The number of halogens is 2. The summed E-state index contributed by atoms with van der Waals surface area (Å²) in [6, 6.07) is 3.84. The molecule has 0 aliphatic carbocycles. The Morgan fingerprint density at radius 2 is 2.07 bits per heavy atom. The van der Waals surface area contributed by atoms with E-state index in [0.717, 1.165) is 19.2 Å². The largest absolute Gasteiger partial charge is 0.316 e. The lowest BCUT2D eigenvalue weighted by Crippen LogP contribution is -2.09. The molecule has 1 aromatic rings. The summed E-state index contributed by atoms with van der Waals surface area (Å²) >= 11 is 0. The Balaban J connectivity index is 2.31. The molecule has 1 aliphatic heterocycles. The van der Waals surface area contributed by atoms with Gasteiger partial charge in [-0.2, -0.15) is 0 Å². The van der Waals surface area contributed by atoms with Gasteiger partial charge >= 0.3 is 0 Å². The van der Waals surface area contributed by atoms with Crippen molar-refractivity contribution in [1.82, 2.24) is 5.32 Å². The normalized spacial score (nSPS) is 26.8. The molecule has 14 heavy (non-hydrogen) atoms. The van der Waals surface area contributed by atoms with Crippen molar-refractivity contribution in [2.24, 2.45) is 5.92 Å². The van der Waals surface area contributed by atoms with Crippen molar-refractivity contribution in [3.05, 3.63) is 35.4 Å². The first-order valence-electron chi connectivity index (χ1n) is 4.84. The molecular formula is C11H13F2N. The fourth-order valence-electron chi connectivity index (χ4n) is 2.03. The van der Waals surface area contributed by atoms with Gasteiger partial charge in [0.15, 0.2) is 0 Å². The highest BCUT2D eigenvalue weighted by Crippen LogP contribution is 2.29. The first kappa shape index (κ1) is 9.59. The molecule has 1 aliphatic rings. The molecule has 0 aromatic heterocycles. The number of hydrogen-bond donors (Lipinski definition) is 1. The van der Waals surface area contributed by atoms with E-state index in [2.05, 4.69) is 12.2 Å². The van der Waals surface area contributed by atoms with E-state index >= 15 is 0 Å². The molecule has 1 heterocycles. The predicted octanol–water partition coefficient (Wildman–Crippen LogP) is 2.29. The van der Waals surface area contributed by atoms with Gasteiger partial charge in [0.05, 0.1) is 0 Å². The van der Waals surface area contributed by atoms with Crippen LogP contribution in [0.1, 0.15) is 18.4 Å². The van der Waals surface area contributed by atoms with Gasteiger partial charge in [-0.25, -0.2) is 8.78 Å². The standard InChI is InChI=1S/C11H13F2N/c1-7-5-14-6-10(7)9-3-2-8(12)4-11(9)13/h2-4,7,10,14H,5-6H2,1H3. The maximum atomic E-state index is 13.4. The SMILES string of the molecule is CC1CNCC1c1ccc(F)cc1F. The zero-order valence-electron chi connectivity index (χ0n) is 8.06. The van der Waals surface area contributed by atoms with Crippen LogP contribution in [0.2, 0.25) is 0 Å². The molecule has 76 valence electrons. The lowest BCUT2D eigenvalue weighted by Gasteiger charge is -2.15. The van der Waals surface area contributed by atoms with Gasteiger partial charge in [0, 0.05) is 18.5 Å². The summed E-state index contributed by atoms with van der Waals surface area (Å²) in [5.41, 5.74) is 0.629. The highest BCUT2D eigenvalue weighted by atomic mass is 19.1. The predicted molar refractivity (Wildman–Crippen MR) is 51.1 cm³/mol. The van der Waals surface area contributed by atoms with E-state index in [9.17, 15) is 8.78 Å². The smallest absolute Gasteiger partial charge is 0.129 e. The van der Waals surface area contributed by atoms with E-state index in [1.165, 1.54) is 6.07 Å². The van der Waals surface area contributed by atoms with Crippen LogP contribution in [0.5, 0.6) is 0 Å². The van der Waals surface area contributed by atoms with Crippen LogP contribution in [0, 0.1) is 17.6 Å². The monoisotopic (exact) mass is 197 g/mol. The second-order valence-electron chi connectivity index (χ2n) is 3.91. The fraction of sp³-hybridized carbons (Fsp3) is 0.455. The Labute approximate surface area is 82.1 Å². The van der Waals surface area contributed by atoms with Crippen molar-refractivity contribution >= 4 is 0 Å². The van der Waals surface area contributed by atoms with Gasteiger partial charge in [-0.15, -0.1) is 0 Å². The topological polar surface area (TPSA) is 12.0 Å². The lowest BCUT2D eigenvalue weighted by atomic mass is 9.90. The summed E-state index contributed by atoms with van der Waals surface area (Å²) < 4.78 is 26.1. The summed E-state index contributed by atoms with van der Waals surface area (Å²) in [4.78, 5) is 0. The van der Waals surface area contributed by atoms with Crippen LogP contribution in [0.3, 0.4) is 0 Å². The van der Waals surface area contributed by atoms with Gasteiger partial charge in [0.25, 0.3) is 0 Å². The number of nitrogens with one attached hydrogen (secondary N) is 1. The molecule has 1 aromatic carbocycles. The van der Waals surface area contributed by atoms with Crippen LogP contribution >= 0.6 is 0 Å². The van der Waals surface area contributed by atoms with Crippen LogP contribution in [-0.2, 0) is 0 Å². The summed E-state index contributed by atoms with van der Waals surface area (Å²) in [5, 5.41) is 3.20. The van der Waals surface area contributed by atoms with Crippen LogP contribution in [0.25, 0.3) is 0 Å². The van der Waals surface area contributed by atoms with Gasteiger partial charge in [0.2, 0.25) is 0 Å². The van der Waals surface area contributed by atoms with Gasteiger partial charge in [-0.1, -0.05) is 13.0 Å². The molecule has 1 nitrogen and oxygen atoms in total. The minimum atomic E-state index is -0.509. The van der Waals surface area contributed by atoms with Gasteiger partial charge in [-0.3, -0.25) is 0 Å². The molecule has 0 spiro atoms. The highest BCUT2D eigenvalue weighted by molar-refractivity contribution is 5.24. The molecule has 0 saturated carbocycles. The summed E-state index contributed by atoms with van der Waals surface area (Å²) in [7, 11) is 0. The van der Waals surface area contributed by atoms with E-state index < -0.39 is 11.6 Å². The number of hydrogen-bond acceptors (Lipinski definition) is 1. The molecule has 1 N–H and O–H groups in total. The van der Waals surface area contributed by atoms with Crippen molar-refractivity contribution in [2.75, 3.05) is 13.1 Å². The number of benzene rings is 1. The van der Waals surface area contributed by atoms with Gasteiger partial charge in [0.1, 0.15) is 11.6 Å². The van der Waals surface area contributed by atoms with Crippen molar-refractivity contribution < 1.29 is 8.78 Å². The first-order valence-corrected chi connectivity index (χ1v) is 4.84. The van der Waals surface area contributed by atoms with E-state index in [1.54, 1.807) is 6.07 Å². The Morgan fingerprint density at radius 1 is 1.29 bits per heavy atom. The van der Waals surface area contributed by atoms with Crippen molar-refractivity contribution in [3.8, 4) is 0 Å². The van der Waals surface area contributed by atoms with Crippen LogP contribution in [0.4, 0.5) is 8.78 Å². The van der Waals surface area contributed by atoms with Crippen LogP contribution in [0.15, 0.2) is 18.2 Å². The molecule has 0 radical (unpaired) electrons. The molecule has 2 unspecified atom stereocenters. The summed E-state index contributed by atoms with van der Waals surface area (Å²) in [6.07, 6.45) is 0. The Morgan fingerprint density at radius 3 is 2.64 bits per heavy atom. The third kappa shape index (κ3) is 1.64. The minimum Gasteiger partial charge on any atom is -0.316 e. The Hall–Kier alpha value is -0.960. The maximum absolute atomic E-state index is 13.4. The second kappa shape index (κ2) is 3.65. The third-order valence-electron chi connectivity index (χ3n) is 2.88. The molecule has 2 atom stereocenters. The first-order chi connectivity index (χ1) is 6.68. The molecule has 1 saturated heterocycles. The zero-order valence-corrected chi connectivity index (χ0v) is 8.06. The molecule has 2 rings (SSSR count). The Bertz CT molecular complexity index is 338. The maximum Gasteiger partial charge on any atom is 0.129 e. The van der Waals surface area contributed by atoms with E-state index in [0.29, 0.717) is 11.5 Å². The molecular weight excluding hydrogens is 184 g/mol. The van der Waals surface area contributed by atoms with E-state index in [4.69, 9.17) is 0 Å². The van der Waals surface area contributed by atoms with E-state index in [1.807, 2.05) is 0 Å². The summed E-state index contributed by atoms with van der Waals surface area (Å²) in [6.45, 7) is 3.76. The lowest BCUT2D eigenvalue weighted by molar-refractivity contribution is 0.518. The Kier molecular flexibility index (Phi) is 2.50. The molecule has 0 amide bonds. The average molecular weight is 197 g/mol. The van der Waals surface area contributed by atoms with Crippen LogP contribution < -0.4 is 5.32 Å². The minimum absolute atomic E-state index is 0.176.